The van der Waals surface area contributed by atoms with Gasteiger partial charge in [0.05, 0.1) is 19.1 Å². The second kappa shape index (κ2) is 9.20. The van der Waals surface area contributed by atoms with E-state index < -0.39 is 0 Å². The summed E-state index contributed by atoms with van der Waals surface area (Å²) in [7, 11) is 0. The van der Waals surface area contributed by atoms with Gasteiger partial charge in [0, 0.05) is 18.1 Å². The van der Waals surface area contributed by atoms with Crippen molar-refractivity contribution in [3.05, 3.63) is 70.7 Å². The van der Waals surface area contributed by atoms with Crippen LogP contribution in [0.3, 0.4) is 0 Å². The van der Waals surface area contributed by atoms with Gasteiger partial charge in [0.2, 0.25) is 5.91 Å². The van der Waals surface area contributed by atoms with Crippen LogP contribution >= 0.6 is 24.0 Å². The van der Waals surface area contributed by atoms with Gasteiger partial charge in [0.15, 0.2) is 0 Å². The second-order valence-corrected chi connectivity index (χ2v) is 6.33. The number of nitrogens with zero attached hydrogens (tertiary/aromatic N) is 1. The van der Waals surface area contributed by atoms with Crippen molar-refractivity contribution in [2.75, 3.05) is 26.2 Å². The van der Waals surface area contributed by atoms with E-state index in [4.69, 9.17) is 22.1 Å². The van der Waals surface area contributed by atoms with Crippen molar-refractivity contribution in [2.24, 2.45) is 5.73 Å². The first kappa shape index (κ1) is 19.7. The molecule has 2 N–H and O–H groups in total. The van der Waals surface area contributed by atoms with E-state index in [0.29, 0.717) is 31.3 Å². The summed E-state index contributed by atoms with van der Waals surface area (Å²) in [5, 5.41) is 0.690. The number of morpholine rings is 1. The molecule has 25 heavy (non-hydrogen) atoms. The Morgan fingerprint density at radius 1 is 1.20 bits per heavy atom. The Bertz CT molecular complexity index is 680. The molecule has 2 aromatic rings. The van der Waals surface area contributed by atoms with Gasteiger partial charge < -0.3 is 15.4 Å². The van der Waals surface area contributed by atoms with Gasteiger partial charge in [-0.1, -0.05) is 54.1 Å². The zero-order valence-corrected chi connectivity index (χ0v) is 15.4. The van der Waals surface area contributed by atoms with Crippen LogP contribution in [-0.4, -0.2) is 37.0 Å². The Balaban J connectivity index is 0.00000225. The van der Waals surface area contributed by atoms with Crippen molar-refractivity contribution in [2.45, 2.75) is 12.0 Å². The number of carbonyl (C=O) groups excluding carboxylic acids is 1. The number of ether oxygens (including phenoxy) is 1. The summed E-state index contributed by atoms with van der Waals surface area (Å²) in [5.74, 6) is -0.249. The van der Waals surface area contributed by atoms with E-state index in [-0.39, 0.29) is 30.3 Å². The lowest BCUT2D eigenvalue weighted by atomic mass is 9.97. The first-order chi connectivity index (χ1) is 11.7. The molecule has 0 aromatic heterocycles. The number of benzene rings is 2. The first-order valence-corrected chi connectivity index (χ1v) is 8.47. The zero-order chi connectivity index (χ0) is 16.9. The number of carbonyl (C=O) groups is 1. The molecule has 0 radical (unpaired) electrons. The molecule has 0 bridgehead atoms. The van der Waals surface area contributed by atoms with Crippen LogP contribution in [-0.2, 0) is 9.53 Å². The average Bonchev–Trinajstić information content (AvgIpc) is 2.64. The maximum atomic E-state index is 12.9. The van der Waals surface area contributed by atoms with Crippen LogP contribution in [0.25, 0.3) is 0 Å². The molecule has 134 valence electrons. The van der Waals surface area contributed by atoms with Crippen molar-refractivity contribution in [3.8, 4) is 0 Å². The molecule has 4 nitrogen and oxygen atoms in total. The molecule has 2 unspecified atom stereocenters. The fourth-order valence-electron chi connectivity index (χ4n) is 3.01. The largest absolute Gasteiger partial charge is 0.370 e. The van der Waals surface area contributed by atoms with Crippen LogP contribution in [0, 0.1) is 0 Å². The maximum Gasteiger partial charge on any atom is 0.231 e. The van der Waals surface area contributed by atoms with E-state index in [1.807, 2.05) is 59.5 Å². The first-order valence-electron chi connectivity index (χ1n) is 8.10. The molecule has 0 spiro atoms. The Hall–Kier alpha value is -1.59. The lowest BCUT2D eigenvalue weighted by Gasteiger charge is -2.35. The van der Waals surface area contributed by atoms with Crippen molar-refractivity contribution < 1.29 is 9.53 Å². The van der Waals surface area contributed by atoms with Gasteiger partial charge in [-0.2, -0.15) is 0 Å². The third kappa shape index (κ3) is 4.73. The van der Waals surface area contributed by atoms with Gasteiger partial charge in [-0.3, -0.25) is 4.79 Å². The molecule has 2 atom stereocenters. The Labute approximate surface area is 159 Å². The highest BCUT2D eigenvalue weighted by atomic mass is 35.5. The fourth-order valence-corrected chi connectivity index (χ4v) is 3.14. The Kier molecular flexibility index (Phi) is 7.26. The standard InChI is InChI=1S/C19H21ClN2O2.ClH/c20-16-8-6-15(7-9-16)18-13-22(10-11-24-18)19(23)17(12-21)14-4-2-1-3-5-14;/h1-9,17-18H,10-13,21H2;1H. The normalized spacial score (nSPS) is 18.3. The van der Waals surface area contributed by atoms with Gasteiger partial charge in [0.1, 0.15) is 6.10 Å². The van der Waals surface area contributed by atoms with Gasteiger partial charge in [-0.25, -0.2) is 0 Å². The summed E-state index contributed by atoms with van der Waals surface area (Å²) < 4.78 is 5.84. The van der Waals surface area contributed by atoms with E-state index in [0.717, 1.165) is 11.1 Å². The summed E-state index contributed by atoms with van der Waals surface area (Å²) in [6, 6.07) is 17.3. The Morgan fingerprint density at radius 2 is 1.88 bits per heavy atom. The van der Waals surface area contributed by atoms with E-state index in [9.17, 15) is 4.79 Å². The van der Waals surface area contributed by atoms with E-state index in [1.54, 1.807) is 0 Å². The van der Waals surface area contributed by atoms with Gasteiger partial charge in [0.25, 0.3) is 0 Å². The van der Waals surface area contributed by atoms with Crippen molar-refractivity contribution in [1.82, 2.24) is 4.90 Å². The SMILES string of the molecule is Cl.NCC(C(=O)N1CCOC(c2ccc(Cl)cc2)C1)c1ccccc1. The van der Waals surface area contributed by atoms with Crippen LogP contribution in [0.2, 0.25) is 5.02 Å². The van der Waals surface area contributed by atoms with E-state index in [2.05, 4.69) is 0 Å². The molecule has 0 aliphatic carbocycles. The monoisotopic (exact) mass is 380 g/mol. The summed E-state index contributed by atoms with van der Waals surface area (Å²) in [4.78, 5) is 14.8. The average molecular weight is 381 g/mol. The molecule has 1 heterocycles. The fraction of sp³-hybridized carbons (Fsp3) is 0.316. The predicted molar refractivity (Wildman–Crippen MR) is 102 cm³/mol. The van der Waals surface area contributed by atoms with E-state index in [1.165, 1.54) is 0 Å². The molecule has 1 aliphatic heterocycles. The third-order valence-electron chi connectivity index (χ3n) is 4.36. The molecule has 2 aromatic carbocycles. The van der Waals surface area contributed by atoms with E-state index >= 15 is 0 Å². The lowest BCUT2D eigenvalue weighted by Crippen LogP contribution is -2.45. The van der Waals surface area contributed by atoms with Crippen molar-refractivity contribution >= 4 is 29.9 Å². The smallest absolute Gasteiger partial charge is 0.231 e. The summed E-state index contributed by atoms with van der Waals surface area (Å²) in [6.45, 7) is 1.94. The highest BCUT2D eigenvalue weighted by molar-refractivity contribution is 6.30. The minimum Gasteiger partial charge on any atom is -0.370 e. The topological polar surface area (TPSA) is 55.6 Å². The molecule has 6 heteroatoms. The molecule has 1 amide bonds. The summed E-state index contributed by atoms with van der Waals surface area (Å²) in [5.41, 5.74) is 7.87. The number of amides is 1. The van der Waals surface area contributed by atoms with Crippen LogP contribution in [0.5, 0.6) is 0 Å². The predicted octanol–water partition coefficient (Wildman–Crippen LogP) is 3.40. The number of hydrogen-bond donors (Lipinski definition) is 1. The number of hydrogen-bond acceptors (Lipinski definition) is 3. The molecule has 1 saturated heterocycles. The van der Waals surface area contributed by atoms with Crippen LogP contribution < -0.4 is 5.73 Å². The molecule has 0 saturated carbocycles. The van der Waals surface area contributed by atoms with Crippen molar-refractivity contribution in [3.63, 3.8) is 0 Å². The van der Waals surface area contributed by atoms with Gasteiger partial charge in [-0.15, -0.1) is 12.4 Å². The number of rotatable bonds is 4. The van der Waals surface area contributed by atoms with Crippen LogP contribution in [0.15, 0.2) is 54.6 Å². The van der Waals surface area contributed by atoms with Crippen LogP contribution in [0.1, 0.15) is 23.1 Å². The molecule has 1 fully saturated rings. The maximum absolute atomic E-state index is 12.9. The molecule has 1 aliphatic rings. The number of halogens is 2. The summed E-state index contributed by atoms with van der Waals surface area (Å²) in [6.07, 6.45) is -0.130. The highest BCUT2D eigenvalue weighted by Crippen LogP contribution is 2.26. The van der Waals surface area contributed by atoms with Crippen molar-refractivity contribution in [1.29, 1.82) is 0 Å². The van der Waals surface area contributed by atoms with Gasteiger partial charge in [-0.05, 0) is 23.3 Å². The molecule has 3 rings (SSSR count). The summed E-state index contributed by atoms with van der Waals surface area (Å²) >= 11 is 5.94. The minimum absolute atomic E-state index is 0. The minimum atomic E-state index is -0.310. The third-order valence-corrected chi connectivity index (χ3v) is 4.61. The zero-order valence-electron chi connectivity index (χ0n) is 13.8. The Morgan fingerprint density at radius 3 is 2.52 bits per heavy atom. The lowest BCUT2D eigenvalue weighted by molar-refractivity contribution is -0.140. The molecular weight excluding hydrogens is 359 g/mol. The van der Waals surface area contributed by atoms with Crippen LogP contribution in [0.4, 0.5) is 0 Å². The van der Waals surface area contributed by atoms with Gasteiger partial charge >= 0.3 is 0 Å². The second-order valence-electron chi connectivity index (χ2n) is 5.89. The number of nitrogens with two attached hydrogens (primary N) is 1. The quantitative estimate of drug-likeness (QED) is 0.883. The highest BCUT2D eigenvalue weighted by Gasteiger charge is 2.30. The molecular formula is C19H22Cl2N2O2.